The summed E-state index contributed by atoms with van der Waals surface area (Å²) < 4.78 is 11.3. The molecular formula is C18H20O3. The van der Waals surface area contributed by atoms with Crippen molar-refractivity contribution >= 4 is 0 Å². The van der Waals surface area contributed by atoms with Gasteiger partial charge in [0.1, 0.15) is 11.5 Å². The first-order valence-electron chi connectivity index (χ1n) is 7.31. The third-order valence-corrected chi connectivity index (χ3v) is 3.71. The summed E-state index contributed by atoms with van der Waals surface area (Å²) in [5.74, 6) is 1.68. The Morgan fingerprint density at radius 1 is 1.10 bits per heavy atom. The highest BCUT2D eigenvalue weighted by atomic mass is 16.5. The summed E-state index contributed by atoms with van der Waals surface area (Å²) in [5.41, 5.74) is 1.96. The van der Waals surface area contributed by atoms with Gasteiger partial charge in [0.25, 0.3) is 0 Å². The van der Waals surface area contributed by atoms with Crippen LogP contribution in [0.5, 0.6) is 11.5 Å². The van der Waals surface area contributed by atoms with Crippen LogP contribution in [0.1, 0.15) is 37.0 Å². The minimum absolute atomic E-state index is 0.0157. The molecule has 2 aromatic rings. The van der Waals surface area contributed by atoms with Crippen LogP contribution >= 0.6 is 0 Å². The van der Waals surface area contributed by atoms with Gasteiger partial charge in [-0.15, -0.1) is 0 Å². The van der Waals surface area contributed by atoms with Gasteiger partial charge in [-0.1, -0.05) is 30.3 Å². The molecule has 3 rings (SSSR count). The molecule has 0 radical (unpaired) electrons. The van der Waals surface area contributed by atoms with Crippen LogP contribution in [0.2, 0.25) is 0 Å². The SMILES string of the molecule is CC(C)Oc1ccc(C(O)C2COc3ccccc32)cc1. The summed E-state index contributed by atoms with van der Waals surface area (Å²) in [5, 5.41) is 10.6. The molecule has 3 nitrogen and oxygen atoms in total. The van der Waals surface area contributed by atoms with Gasteiger partial charge in [-0.2, -0.15) is 0 Å². The molecule has 0 aliphatic carbocycles. The lowest BCUT2D eigenvalue weighted by atomic mass is 9.91. The van der Waals surface area contributed by atoms with Gasteiger partial charge in [-0.05, 0) is 37.6 Å². The molecule has 0 amide bonds. The average molecular weight is 284 g/mol. The van der Waals surface area contributed by atoms with Gasteiger partial charge in [0.15, 0.2) is 0 Å². The topological polar surface area (TPSA) is 38.7 Å². The number of para-hydroxylation sites is 1. The van der Waals surface area contributed by atoms with Crippen LogP contribution in [0.25, 0.3) is 0 Å². The average Bonchev–Trinajstić information content (AvgIpc) is 2.90. The highest BCUT2D eigenvalue weighted by molar-refractivity contribution is 5.42. The molecule has 1 N–H and O–H groups in total. The maximum Gasteiger partial charge on any atom is 0.123 e. The largest absolute Gasteiger partial charge is 0.493 e. The molecule has 0 saturated heterocycles. The third kappa shape index (κ3) is 2.88. The Bertz CT molecular complexity index is 604. The van der Waals surface area contributed by atoms with E-state index >= 15 is 0 Å². The van der Waals surface area contributed by atoms with E-state index in [-0.39, 0.29) is 12.0 Å². The molecule has 0 saturated carbocycles. The summed E-state index contributed by atoms with van der Waals surface area (Å²) in [6, 6.07) is 15.5. The minimum atomic E-state index is -0.568. The number of fused-ring (bicyclic) bond motifs is 1. The van der Waals surface area contributed by atoms with E-state index in [1.54, 1.807) is 0 Å². The van der Waals surface area contributed by atoms with E-state index in [2.05, 4.69) is 0 Å². The molecule has 1 heterocycles. The first-order valence-corrected chi connectivity index (χ1v) is 7.31. The molecule has 21 heavy (non-hydrogen) atoms. The van der Waals surface area contributed by atoms with Crippen LogP contribution < -0.4 is 9.47 Å². The van der Waals surface area contributed by atoms with Gasteiger partial charge in [0.05, 0.1) is 24.7 Å². The summed E-state index contributed by atoms with van der Waals surface area (Å²) in [4.78, 5) is 0. The second kappa shape index (κ2) is 5.78. The van der Waals surface area contributed by atoms with Gasteiger partial charge in [-0.3, -0.25) is 0 Å². The van der Waals surface area contributed by atoms with Crippen molar-refractivity contribution in [1.29, 1.82) is 0 Å². The summed E-state index contributed by atoms with van der Waals surface area (Å²) >= 11 is 0. The van der Waals surface area contributed by atoms with Crippen LogP contribution in [0.4, 0.5) is 0 Å². The molecule has 0 aromatic heterocycles. The fraction of sp³-hybridized carbons (Fsp3) is 0.333. The number of ether oxygens (including phenoxy) is 2. The lowest BCUT2D eigenvalue weighted by Crippen LogP contribution is -2.12. The van der Waals surface area contributed by atoms with Crippen LogP contribution in [-0.2, 0) is 0 Å². The van der Waals surface area contributed by atoms with Crippen molar-refractivity contribution in [1.82, 2.24) is 0 Å². The zero-order valence-corrected chi connectivity index (χ0v) is 12.3. The summed E-state index contributed by atoms with van der Waals surface area (Å²) in [6.07, 6.45) is -0.419. The molecule has 3 heteroatoms. The minimum Gasteiger partial charge on any atom is -0.493 e. The van der Waals surface area contributed by atoms with Crippen LogP contribution in [0, 0.1) is 0 Å². The number of hydrogen-bond donors (Lipinski definition) is 1. The Morgan fingerprint density at radius 3 is 2.52 bits per heavy atom. The smallest absolute Gasteiger partial charge is 0.123 e. The van der Waals surface area contributed by atoms with Crippen LogP contribution in [0.15, 0.2) is 48.5 Å². The fourth-order valence-corrected chi connectivity index (χ4v) is 2.70. The molecule has 0 bridgehead atoms. The maximum absolute atomic E-state index is 10.6. The predicted octanol–water partition coefficient (Wildman–Crippen LogP) is 3.68. The van der Waals surface area contributed by atoms with Crippen molar-refractivity contribution in [3.05, 3.63) is 59.7 Å². The van der Waals surface area contributed by atoms with Gasteiger partial charge >= 0.3 is 0 Å². The Balaban J connectivity index is 1.78. The number of hydrogen-bond acceptors (Lipinski definition) is 3. The standard InChI is InChI=1S/C18H20O3/c1-12(2)21-14-9-7-13(8-10-14)18(19)16-11-20-17-6-4-3-5-15(16)17/h3-10,12,16,18-19H,11H2,1-2H3. The molecule has 2 aromatic carbocycles. The number of rotatable bonds is 4. The van der Waals surface area contributed by atoms with E-state index in [4.69, 9.17) is 9.47 Å². The summed E-state index contributed by atoms with van der Waals surface area (Å²) in [7, 11) is 0. The molecule has 110 valence electrons. The first-order chi connectivity index (χ1) is 10.1. The van der Waals surface area contributed by atoms with E-state index in [1.165, 1.54) is 0 Å². The monoisotopic (exact) mass is 284 g/mol. The van der Waals surface area contributed by atoms with Gasteiger partial charge in [0.2, 0.25) is 0 Å². The fourth-order valence-electron chi connectivity index (χ4n) is 2.70. The van der Waals surface area contributed by atoms with E-state index in [9.17, 15) is 5.11 Å². The Kier molecular flexibility index (Phi) is 3.84. The molecule has 1 aliphatic heterocycles. The van der Waals surface area contributed by atoms with Crippen molar-refractivity contribution < 1.29 is 14.6 Å². The number of benzene rings is 2. The summed E-state index contributed by atoms with van der Waals surface area (Å²) in [6.45, 7) is 4.51. The second-order valence-electron chi connectivity index (χ2n) is 5.64. The van der Waals surface area contributed by atoms with Gasteiger partial charge in [-0.25, -0.2) is 0 Å². The highest BCUT2D eigenvalue weighted by Gasteiger charge is 2.30. The molecule has 2 unspecified atom stereocenters. The highest BCUT2D eigenvalue weighted by Crippen LogP contribution is 2.41. The molecule has 1 aliphatic rings. The Labute approximate surface area is 125 Å². The zero-order valence-electron chi connectivity index (χ0n) is 12.3. The van der Waals surface area contributed by atoms with Gasteiger partial charge < -0.3 is 14.6 Å². The lowest BCUT2D eigenvalue weighted by Gasteiger charge is -2.18. The molecular weight excluding hydrogens is 264 g/mol. The predicted molar refractivity (Wildman–Crippen MR) is 81.8 cm³/mol. The van der Waals surface area contributed by atoms with E-state index < -0.39 is 6.10 Å². The molecule has 0 fully saturated rings. The Hall–Kier alpha value is -2.00. The lowest BCUT2D eigenvalue weighted by molar-refractivity contribution is 0.130. The van der Waals surface area contributed by atoms with Crippen molar-refractivity contribution in [3.8, 4) is 11.5 Å². The van der Waals surface area contributed by atoms with Crippen molar-refractivity contribution in [2.45, 2.75) is 32.0 Å². The normalized spacial score (nSPS) is 18.2. The first kappa shape index (κ1) is 14.0. The van der Waals surface area contributed by atoms with E-state index in [1.807, 2.05) is 62.4 Å². The van der Waals surface area contributed by atoms with Gasteiger partial charge in [0, 0.05) is 5.56 Å². The Morgan fingerprint density at radius 2 is 1.81 bits per heavy atom. The van der Waals surface area contributed by atoms with Crippen molar-refractivity contribution in [3.63, 3.8) is 0 Å². The van der Waals surface area contributed by atoms with Crippen LogP contribution in [-0.4, -0.2) is 17.8 Å². The second-order valence-corrected chi connectivity index (χ2v) is 5.64. The van der Waals surface area contributed by atoms with E-state index in [0.29, 0.717) is 6.61 Å². The quantitative estimate of drug-likeness (QED) is 0.930. The maximum atomic E-state index is 10.6. The number of aliphatic hydroxyl groups is 1. The van der Waals surface area contributed by atoms with E-state index in [0.717, 1.165) is 22.6 Å². The zero-order chi connectivity index (χ0) is 14.8. The molecule has 2 atom stereocenters. The van der Waals surface area contributed by atoms with Crippen molar-refractivity contribution in [2.24, 2.45) is 0 Å². The third-order valence-electron chi connectivity index (χ3n) is 3.71. The van der Waals surface area contributed by atoms with Crippen LogP contribution in [0.3, 0.4) is 0 Å². The number of aliphatic hydroxyl groups excluding tert-OH is 1. The van der Waals surface area contributed by atoms with Crippen molar-refractivity contribution in [2.75, 3.05) is 6.61 Å². The molecule has 0 spiro atoms.